The lowest BCUT2D eigenvalue weighted by Gasteiger charge is -2.22. The van der Waals surface area contributed by atoms with Crippen LogP contribution in [-0.2, 0) is 0 Å². The summed E-state index contributed by atoms with van der Waals surface area (Å²) in [7, 11) is 0. The highest BCUT2D eigenvalue weighted by Crippen LogP contribution is 2.21. The quantitative estimate of drug-likeness (QED) is 0.836. The molecule has 1 aromatic heterocycles. The van der Waals surface area contributed by atoms with E-state index < -0.39 is 12.7 Å². The van der Waals surface area contributed by atoms with Gasteiger partial charge in [0.15, 0.2) is 0 Å². The summed E-state index contributed by atoms with van der Waals surface area (Å²) in [5, 5.41) is -0.207. The molecule has 0 saturated carbocycles. The average Bonchev–Trinajstić information content (AvgIpc) is 2.22. The zero-order valence-electron chi connectivity index (χ0n) is 10.7. The molecule has 0 bridgehead atoms. The predicted octanol–water partition coefficient (Wildman–Crippen LogP) is 2.70. The third-order valence-corrected chi connectivity index (χ3v) is 2.12. The number of hydrogen-bond donors (Lipinski definition) is 0. The van der Waals surface area contributed by atoms with Gasteiger partial charge in [-0.25, -0.2) is 0 Å². The van der Waals surface area contributed by atoms with Crippen molar-refractivity contribution in [1.29, 1.82) is 0 Å². The van der Waals surface area contributed by atoms with Gasteiger partial charge in [-0.2, -0.15) is 28.1 Å². The van der Waals surface area contributed by atoms with Crippen LogP contribution in [0.4, 0.5) is 19.1 Å². The molecule has 1 heterocycles. The van der Waals surface area contributed by atoms with E-state index in [9.17, 15) is 13.2 Å². The topological polar surface area (TPSA) is 51.1 Å². The maximum absolute atomic E-state index is 12.4. The molecule has 0 aromatic carbocycles. The van der Waals surface area contributed by atoms with Gasteiger partial charge in [0.25, 0.3) is 0 Å². The largest absolute Gasteiger partial charge is 0.461 e. The summed E-state index contributed by atoms with van der Waals surface area (Å²) >= 11 is 5.66. The Morgan fingerprint density at radius 3 is 2.37 bits per heavy atom. The lowest BCUT2D eigenvalue weighted by atomic mass is 10.5. The van der Waals surface area contributed by atoms with E-state index in [1.54, 1.807) is 20.8 Å². The number of nitrogens with zero attached hydrogens (tertiary/aromatic N) is 4. The van der Waals surface area contributed by atoms with Gasteiger partial charge in [0.1, 0.15) is 6.54 Å². The van der Waals surface area contributed by atoms with E-state index in [0.29, 0.717) is 0 Å². The van der Waals surface area contributed by atoms with Crippen LogP contribution in [0.3, 0.4) is 0 Å². The first-order chi connectivity index (χ1) is 8.71. The molecule has 0 N–H and O–H groups in total. The van der Waals surface area contributed by atoms with Crippen molar-refractivity contribution >= 4 is 17.5 Å². The first kappa shape index (κ1) is 15.7. The van der Waals surface area contributed by atoms with Gasteiger partial charge >= 0.3 is 12.2 Å². The monoisotopic (exact) mass is 298 g/mol. The summed E-state index contributed by atoms with van der Waals surface area (Å²) in [5.41, 5.74) is 0. The van der Waals surface area contributed by atoms with Crippen molar-refractivity contribution in [3.05, 3.63) is 5.28 Å². The fraction of sp³-hybridized carbons (Fsp3) is 0.700. The molecule has 1 aromatic rings. The molecular formula is C10H14ClF3N4O. The van der Waals surface area contributed by atoms with Crippen LogP contribution < -0.4 is 9.64 Å². The molecule has 0 amide bonds. The normalized spacial score (nSPS) is 11.8. The molecule has 5 nitrogen and oxygen atoms in total. The van der Waals surface area contributed by atoms with Crippen LogP contribution in [0.1, 0.15) is 20.8 Å². The fourth-order valence-corrected chi connectivity index (χ4v) is 1.42. The van der Waals surface area contributed by atoms with E-state index in [-0.39, 0.29) is 29.9 Å². The number of alkyl halides is 3. The second-order valence-electron chi connectivity index (χ2n) is 3.98. The molecule has 0 atom stereocenters. The highest BCUT2D eigenvalue weighted by Gasteiger charge is 2.31. The molecule has 0 aliphatic carbocycles. The van der Waals surface area contributed by atoms with Gasteiger partial charge in [-0.3, -0.25) is 0 Å². The lowest BCUT2D eigenvalue weighted by Crippen LogP contribution is -2.35. The minimum Gasteiger partial charge on any atom is -0.461 e. The molecule has 0 saturated heterocycles. The molecule has 19 heavy (non-hydrogen) atoms. The zero-order chi connectivity index (χ0) is 14.6. The Morgan fingerprint density at radius 2 is 1.89 bits per heavy atom. The van der Waals surface area contributed by atoms with Crippen LogP contribution in [0.15, 0.2) is 0 Å². The number of rotatable bonds is 5. The van der Waals surface area contributed by atoms with Gasteiger partial charge < -0.3 is 9.64 Å². The highest BCUT2D eigenvalue weighted by atomic mass is 35.5. The molecule has 0 aliphatic heterocycles. The Balaban J connectivity index is 3.00. The highest BCUT2D eigenvalue weighted by molar-refractivity contribution is 6.28. The molecule has 1 rings (SSSR count). The minimum atomic E-state index is -4.35. The van der Waals surface area contributed by atoms with E-state index in [0.717, 1.165) is 4.90 Å². The van der Waals surface area contributed by atoms with Gasteiger partial charge in [0.05, 0.1) is 6.10 Å². The van der Waals surface area contributed by atoms with Crippen LogP contribution in [-0.4, -0.2) is 40.3 Å². The number of ether oxygens (including phenoxy) is 1. The predicted molar refractivity (Wildman–Crippen MR) is 64.5 cm³/mol. The van der Waals surface area contributed by atoms with E-state index in [1.165, 1.54) is 0 Å². The Labute approximate surface area is 113 Å². The number of anilines is 1. The van der Waals surface area contributed by atoms with Gasteiger partial charge in [-0.1, -0.05) is 0 Å². The van der Waals surface area contributed by atoms with Crippen LogP contribution in [0.5, 0.6) is 6.01 Å². The van der Waals surface area contributed by atoms with Gasteiger partial charge in [0, 0.05) is 6.54 Å². The summed E-state index contributed by atoms with van der Waals surface area (Å²) in [5.74, 6) is -0.157. The third kappa shape index (κ3) is 5.46. The first-order valence-corrected chi connectivity index (χ1v) is 5.99. The Hall–Kier alpha value is -1.31. The molecule has 0 fully saturated rings. The number of hydrogen-bond acceptors (Lipinski definition) is 5. The molecule has 0 spiro atoms. The molecule has 0 radical (unpaired) electrons. The number of aromatic nitrogens is 3. The van der Waals surface area contributed by atoms with Crippen molar-refractivity contribution in [2.75, 3.05) is 18.0 Å². The maximum Gasteiger partial charge on any atom is 0.406 e. The van der Waals surface area contributed by atoms with E-state index in [2.05, 4.69) is 15.0 Å². The maximum atomic E-state index is 12.4. The molecule has 0 aliphatic rings. The van der Waals surface area contributed by atoms with Crippen molar-refractivity contribution in [3.8, 4) is 6.01 Å². The van der Waals surface area contributed by atoms with Gasteiger partial charge in [0.2, 0.25) is 11.2 Å². The van der Waals surface area contributed by atoms with Crippen molar-refractivity contribution in [2.24, 2.45) is 0 Å². The van der Waals surface area contributed by atoms with Crippen LogP contribution in [0.2, 0.25) is 5.28 Å². The Morgan fingerprint density at radius 1 is 1.26 bits per heavy atom. The van der Waals surface area contributed by atoms with Crippen LogP contribution in [0, 0.1) is 0 Å². The first-order valence-electron chi connectivity index (χ1n) is 5.61. The van der Waals surface area contributed by atoms with E-state index in [1.807, 2.05) is 0 Å². The second-order valence-corrected chi connectivity index (χ2v) is 4.32. The minimum absolute atomic E-state index is 0.0843. The summed E-state index contributed by atoms with van der Waals surface area (Å²) in [6, 6.07) is -0.0920. The molecular weight excluding hydrogens is 285 g/mol. The molecule has 108 valence electrons. The Kier molecular flexibility index (Phi) is 5.16. The molecule has 0 unspecified atom stereocenters. The van der Waals surface area contributed by atoms with E-state index >= 15 is 0 Å². The summed E-state index contributed by atoms with van der Waals surface area (Å²) in [4.78, 5) is 12.2. The lowest BCUT2D eigenvalue weighted by molar-refractivity contribution is -0.119. The van der Waals surface area contributed by atoms with Crippen molar-refractivity contribution in [3.63, 3.8) is 0 Å². The third-order valence-electron chi connectivity index (χ3n) is 1.95. The van der Waals surface area contributed by atoms with Gasteiger partial charge in [-0.15, -0.1) is 0 Å². The Bertz CT molecular complexity index is 428. The standard InChI is InChI=1S/C10H14ClF3N4O/c1-4-18(5-10(12,13)14)8-15-7(11)16-9(17-8)19-6(2)3/h6H,4-5H2,1-3H3. The van der Waals surface area contributed by atoms with Gasteiger partial charge in [-0.05, 0) is 32.4 Å². The van der Waals surface area contributed by atoms with Crippen LogP contribution >= 0.6 is 11.6 Å². The van der Waals surface area contributed by atoms with Crippen molar-refractivity contribution in [1.82, 2.24) is 15.0 Å². The SMILES string of the molecule is CCN(CC(F)(F)F)c1nc(Cl)nc(OC(C)C)n1. The fourth-order valence-electron chi connectivity index (χ4n) is 1.27. The van der Waals surface area contributed by atoms with Crippen LogP contribution in [0.25, 0.3) is 0 Å². The summed E-state index contributed by atoms with van der Waals surface area (Å²) in [6.07, 6.45) is -4.57. The second kappa shape index (κ2) is 6.23. The zero-order valence-corrected chi connectivity index (χ0v) is 11.5. The average molecular weight is 299 g/mol. The summed E-state index contributed by atoms with van der Waals surface area (Å²) in [6.45, 7) is 3.97. The molecule has 9 heteroatoms. The summed E-state index contributed by atoms with van der Waals surface area (Å²) < 4.78 is 42.4. The van der Waals surface area contributed by atoms with Crippen molar-refractivity contribution < 1.29 is 17.9 Å². The number of halogens is 4. The van der Waals surface area contributed by atoms with E-state index in [4.69, 9.17) is 16.3 Å². The van der Waals surface area contributed by atoms with Crippen molar-refractivity contribution in [2.45, 2.75) is 33.1 Å². The smallest absolute Gasteiger partial charge is 0.406 e.